The van der Waals surface area contributed by atoms with Gasteiger partial charge in [-0.2, -0.15) is 0 Å². The van der Waals surface area contributed by atoms with Gasteiger partial charge >= 0.3 is 11.9 Å². The quantitative estimate of drug-likeness (QED) is 0.813. The van der Waals surface area contributed by atoms with Gasteiger partial charge in [-0.15, -0.1) is 0 Å². The van der Waals surface area contributed by atoms with Crippen LogP contribution in [0.15, 0.2) is 12.1 Å². The highest BCUT2D eigenvalue weighted by atomic mass is 16.5. The maximum Gasteiger partial charge on any atom is 0.338 e. The van der Waals surface area contributed by atoms with Crippen molar-refractivity contribution >= 4 is 11.9 Å². The highest BCUT2D eigenvalue weighted by Crippen LogP contribution is 2.27. The van der Waals surface area contributed by atoms with Crippen molar-refractivity contribution in [3.8, 4) is 0 Å². The highest BCUT2D eigenvalue weighted by molar-refractivity contribution is 5.96. The molecule has 0 bridgehead atoms. The van der Waals surface area contributed by atoms with Gasteiger partial charge in [-0.05, 0) is 49.4 Å². The number of esters is 1. The van der Waals surface area contributed by atoms with Gasteiger partial charge in [0.1, 0.15) is 0 Å². The average molecular weight is 234 g/mol. The van der Waals surface area contributed by atoms with Crippen molar-refractivity contribution in [2.24, 2.45) is 0 Å². The number of benzene rings is 1. The Morgan fingerprint density at radius 3 is 2.76 bits per heavy atom. The van der Waals surface area contributed by atoms with E-state index in [0.29, 0.717) is 12.2 Å². The molecule has 0 unspecified atom stereocenters. The van der Waals surface area contributed by atoms with Crippen LogP contribution in [-0.4, -0.2) is 23.7 Å². The van der Waals surface area contributed by atoms with E-state index in [2.05, 4.69) is 0 Å². The molecule has 4 heteroatoms. The van der Waals surface area contributed by atoms with Crippen LogP contribution in [0.2, 0.25) is 0 Å². The van der Waals surface area contributed by atoms with Crippen LogP contribution in [0.4, 0.5) is 0 Å². The molecule has 2 rings (SSSR count). The SMILES string of the molecule is CCOC(=O)c1cc(C(=O)O)cc2c1CCC2. The van der Waals surface area contributed by atoms with E-state index in [1.165, 1.54) is 6.07 Å². The zero-order valence-corrected chi connectivity index (χ0v) is 9.66. The third kappa shape index (κ3) is 2.16. The lowest BCUT2D eigenvalue weighted by atomic mass is 9.99. The van der Waals surface area contributed by atoms with E-state index in [0.717, 1.165) is 30.4 Å². The summed E-state index contributed by atoms with van der Waals surface area (Å²) in [6.07, 6.45) is 2.62. The standard InChI is InChI=1S/C13H14O4/c1-2-17-13(16)11-7-9(12(14)15)6-8-4-3-5-10(8)11/h6-7H,2-5H2,1H3,(H,14,15). The molecule has 0 aromatic heterocycles. The van der Waals surface area contributed by atoms with E-state index in [4.69, 9.17) is 9.84 Å². The number of carbonyl (C=O) groups excluding carboxylic acids is 1. The second-order valence-corrected chi connectivity index (χ2v) is 4.04. The van der Waals surface area contributed by atoms with E-state index in [1.807, 2.05) is 0 Å². The first-order chi connectivity index (χ1) is 8.13. The fraction of sp³-hybridized carbons (Fsp3) is 0.385. The Bertz CT molecular complexity index is 477. The Labute approximate surface area is 99.2 Å². The fourth-order valence-corrected chi connectivity index (χ4v) is 2.22. The first-order valence-electron chi connectivity index (χ1n) is 5.69. The lowest BCUT2D eigenvalue weighted by Gasteiger charge is -2.09. The molecule has 0 aliphatic heterocycles. The maximum atomic E-state index is 11.8. The number of ether oxygens (including phenoxy) is 1. The molecule has 1 aromatic rings. The van der Waals surface area contributed by atoms with Gasteiger partial charge in [0.05, 0.1) is 17.7 Å². The Hall–Kier alpha value is -1.84. The molecular weight excluding hydrogens is 220 g/mol. The Morgan fingerprint density at radius 1 is 1.35 bits per heavy atom. The Kier molecular flexibility index (Phi) is 3.13. The van der Waals surface area contributed by atoms with Gasteiger partial charge in [0.25, 0.3) is 0 Å². The first kappa shape index (κ1) is 11.6. The van der Waals surface area contributed by atoms with Crippen molar-refractivity contribution in [1.29, 1.82) is 0 Å². The Balaban J connectivity index is 2.49. The molecule has 1 aromatic carbocycles. The summed E-state index contributed by atoms with van der Waals surface area (Å²) in [5, 5.41) is 9.00. The second kappa shape index (κ2) is 4.57. The number of carboxylic acids is 1. The van der Waals surface area contributed by atoms with Crippen molar-refractivity contribution in [1.82, 2.24) is 0 Å². The molecule has 0 fully saturated rings. The van der Waals surface area contributed by atoms with Crippen LogP contribution in [0.3, 0.4) is 0 Å². The fourth-order valence-electron chi connectivity index (χ4n) is 2.22. The molecule has 1 N–H and O–H groups in total. The van der Waals surface area contributed by atoms with Crippen LogP contribution < -0.4 is 0 Å². The normalized spacial score (nSPS) is 13.2. The predicted octanol–water partition coefficient (Wildman–Crippen LogP) is 2.05. The van der Waals surface area contributed by atoms with E-state index in [-0.39, 0.29) is 5.56 Å². The molecule has 0 radical (unpaired) electrons. The molecule has 0 spiro atoms. The molecule has 17 heavy (non-hydrogen) atoms. The van der Waals surface area contributed by atoms with Gasteiger partial charge in [-0.1, -0.05) is 0 Å². The molecular formula is C13H14O4. The number of hydrogen-bond acceptors (Lipinski definition) is 3. The van der Waals surface area contributed by atoms with Gasteiger partial charge in [0.15, 0.2) is 0 Å². The largest absolute Gasteiger partial charge is 0.478 e. The van der Waals surface area contributed by atoms with Crippen LogP contribution in [0, 0.1) is 0 Å². The summed E-state index contributed by atoms with van der Waals surface area (Å²) < 4.78 is 4.96. The molecule has 0 atom stereocenters. The smallest absolute Gasteiger partial charge is 0.338 e. The topological polar surface area (TPSA) is 63.6 Å². The van der Waals surface area contributed by atoms with Gasteiger partial charge in [0.2, 0.25) is 0 Å². The summed E-state index contributed by atoms with van der Waals surface area (Å²) in [6, 6.07) is 3.08. The van der Waals surface area contributed by atoms with Crippen molar-refractivity contribution in [2.75, 3.05) is 6.61 Å². The van der Waals surface area contributed by atoms with E-state index in [1.54, 1.807) is 13.0 Å². The van der Waals surface area contributed by atoms with E-state index < -0.39 is 11.9 Å². The summed E-state index contributed by atoms with van der Waals surface area (Å²) in [5.74, 6) is -1.43. The maximum absolute atomic E-state index is 11.8. The van der Waals surface area contributed by atoms with Gasteiger partial charge in [0, 0.05) is 0 Å². The molecule has 1 aliphatic rings. The number of aromatic carboxylic acids is 1. The summed E-state index contributed by atoms with van der Waals surface area (Å²) in [4.78, 5) is 22.7. The average Bonchev–Trinajstić information content (AvgIpc) is 2.75. The summed E-state index contributed by atoms with van der Waals surface area (Å²) >= 11 is 0. The van der Waals surface area contributed by atoms with Crippen LogP contribution >= 0.6 is 0 Å². The summed E-state index contributed by atoms with van der Waals surface area (Å²) in [7, 11) is 0. The van der Waals surface area contributed by atoms with E-state index in [9.17, 15) is 9.59 Å². The number of hydrogen-bond donors (Lipinski definition) is 1. The minimum absolute atomic E-state index is 0.161. The zero-order valence-electron chi connectivity index (χ0n) is 9.66. The molecule has 0 saturated carbocycles. The number of carbonyl (C=O) groups is 2. The Morgan fingerprint density at radius 2 is 2.12 bits per heavy atom. The van der Waals surface area contributed by atoms with Crippen LogP contribution in [0.5, 0.6) is 0 Å². The van der Waals surface area contributed by atoms with Gasteiger partial charge in [-0.25, -0.2) is 9.59 Å². The third-order valence-electron chi connectivity index (χ3n) is 2.96. The summed E-state index contributed by atoms with van der Waals surface area (Å²) in [5.41, 5.74) is 2.49. The summed E-state index contributed by atoms with van der Waals surface area (Å²) in [6.45, 7) is 2.03. The van der Waals surface area contributed by atoms with Crippen molar-refractivity contribution in [3.63, 3.8) is 0 Å². The molecule has 90 valence electrons. The third-order valence-corrected chi connectivity index (χ3v) is 2.96. The minimum atomic E-state index is -1.01. The highest BCUT2D eigenvalue weighted by Gasteiger charge is 2.22. The lowest BCUT2D eigenvalue weighted by Crippen LogP contribution is -2.10. The molecule has 0 heterocycles. The molecule has 1 aliphatic carbocycles. The lowest BCUT2D eigenvalue weighted by molar-refractivity contribution is 0.0525. The molecule has 0 saturated heterocycles. The number of aryl methyl sites for hydroxylation is 1. The van der Waals surface area contributed by atoms with Crippen LogP contribution in [-0.2, 0) is 17.6 Å². The van der Waals surface area contributed by atoms with Crippen LogP contribution in [0.1, 0.15) is 45.2 Å². The number of fused-ring (bicyclic) bond motifs is 1. The van der Waals surface area contributed by atoms with Gasteiger partial charge < -0.3 is 9.84 Å². The number of rotatable bonds is 3. The minimum Gasteiger partial charge on any atom is -0.478 e. The van der Waals surface area contributed by atoms with Crippen LogP contribution in [0.25, 0.3) is 0 Å². The monoisotopic (exact) mass is 234 g/mol. The van der Waals surface area contributed by atoms with Gasteiger partial charge in [-0.3, -0.25) is 0 Å². The van der Waals surface area contributed by atoms with Crippen molar-refractivity contribution in [3.05, 3.63) is 34.4 Å². The van der Waals surface area contributed by atoms with E-state index >= 15 is 0 Å². The molecule has 4 nitrogen and oxygen atoms in total. The van der Waals surface area contributed by atoms with Crippen molar-refractivity contribution in [2.45, 2.75) is 26.2 Å². The second-order valence-electron chi connectivity index (χ2n) is 4.04. The predicted molar refractivity (Wildman–Crippen MR) is 61.4 cm³/mol. The first-order valence-corrected chi connectivity index (χ1v) is 5.69. The van der Waals surface area contributed by atoms with Crippen molar-refractivity contribution < 1.29 is 19.4 Å². The molecule has 0 amide bonds. The number of carboxylic acid groups (broad SMARTS) is 1. The zero-order chi connectivity index (χ0) is 12.4.